The summed E-state index contributed by atoms with van der Waals surface area (Å²) >= 11 is 3.02. The number of nitrogens with two attached hydrogens (primary N) is 1. The highest BCUT2D eigenvalue weighted by Gasteiger charge is 2.16. The molecule has 0 aliphatic carbocycles. The van der Waals surface area contributed by atoms with Crippen molar-refractivity contribution >= 4 is 33.7 Å². The van der Waals surface area contributed by atoms with Gasteiger partial charge in [0.15, 0.2) is 0 Å². The molecule has 0 saturated carbocycles. The molecule has 2 heterocycles. The molecule has 0 aromatic carbocycles. The van der Waals surface area contributed by atoms with Gasteiger partial charge in [-0.25, -0.2) is 4.98 Å². The molecule has 0 aliphatic heterocycles. The average Bonchev–Trinajstić information content (AvgIpc) is 2.85. The van der Waals surface area contributed by atoms with E-state index in [1.54, 1.807) is 11.3 Å². The summed E-state index contributed by atoms with van der Waals surface area (Å²) in [6.45, 7) is 7.36. The van der Waals surface area contributed by atoms with Crippen molar-refractivity contribution in [2.45, 2.75) is 27.2 Å². The Balaban J connectivity index is 2.17. The van der Waals surface area contributed by atoms with E-state index in [0.717, 1.165) is 34.2 Å². The van der Waals surface area contributed by atoms with Crippen molar-refractivity contribution < 1.29 is 0 Å². The van der Waals surface area contributed by atoms with Gasteiger partial charge in [0.1, 0.15) is 15.8 Å². The molecule has 0 aliphatic rings. The van der Waals surface area contributed by atoms with Crippen molar-refractivity contribution in [3.63, 3.8) is 0 Å². The summed E-state index contributed by atoms with van der Waals surface area (Å²) in [4.78, 5) is 4.48. The summed E-state index contributed by atoms with van der Waals surface area (Å²) in [5, 5.41) is 7.43. The largest absolute Gasteiger partial charge is 0.382 e. The first-order chi connectivity index (χ1) is 8.58. The van der Waals surface area contributed by atoms with Crippen molar-refractivity contribution in [3.8, 4) is 10.6 Å². The lowest BCUT2D eigenvalue weighted by Crippen LogP contribution is -2.04. The van der Waals surface area contributed by atoms with Crippen LogP contribution in [0.1, 0.15) is 26.0 Å². The maximum atomic E-state index is 5.94. The van der Waals surface area contributed by atoms with Crippen molar-refractivity contribution in [2.24, 2.45) is 5.92 Å². The van der Waals surface area contributed by atoms with Gasteiger partial charge in [-0.2, -0.15) is 4.37 Å². The highest BCUT2D eigenvalue weighted by molar-refractivity contribution is 7.15. The fraction of sp³-hybridized carbons (Fsp3) is 0.500. The smallest absolute Gasteiger partial charge is 0.149 e. The van der Waals surface area contributed by atoms with E-state index in [0.29, 0.717) is 11.7 Å². The SMILES string of the molecule is Cc1csc(-c2c(N)nsc2NCCC(C)C)n1. The van der Waals surface area contributed by atoms with Crippen LogP contribution in [0.25, 0.3) is 10.6 Å². The zero-order valence-electron chi connectivity index (χ0n) is 10.9. The Labute approximate surface area is 115 Å². The standard InChI is InChI=1S/C12H18N4S2/c1-7(2)4-5-14-11-9(10(13)16-18-11)12-15-8(3)6-17-12/h6-7,14H,4-5H2,1-3H3,(H2,13,16). The van der Waals surface area contributed by atoms with Gasteiger partial charge >= 0.3 is 0 Å². The van der Waals surface area contributed by atoms with Crippen LogP contribution in [0, 0.1) is 12.8 Å². The van der Waals surface area contributed by atoms with E-state index in [1.165, 1.54) is 11.5 Å². The third kappa shape index (κ3) is 3.00. The van der Waals surface area contributed by atoms with E-state index < -0.39 is 0 Å². The molecule has 98 valence electrons. The van der Waals surface area contributed by atoms with Gasteiger partial charge in [0, 0.05) is 17.6 Å². The Hall–Kier alpha value is -1.14. The second-order valence-corrected chi connectivity index (χ2v) is 6.31. The summed E-state index contributed by atoms with van der Waals surface area (Å²) in [6.07, 6.45) is 1.13. The summed E-state index contributed by atoms with van der Waals surface area (Å²) < 4.78 is 4.22. The summed E-state index contributed by atoms with van der Waals surface area (Å²) in [7, 11) is 0. The number of nitrogen functional groups attached to an aromatic ring is 1. The third-order valence-electron chi connectivity index (χ3n) is 2.56. The van der Waals surface area contributed by atoms with Crippen LogP contribution in [-0.2, 0) is 0 Å². The molecule has 2 aromatic rings. The van der Waals surface area contributed by atoms with Gasteiger partial charge in [0.2, 0.25) is 0 Å². The van der Waals surface area contributed by atoms with Crippen LogP contribution in [0.5, 0.6) is 0 Å². The zero-order chi connectivity index (χ0) is 13.1. The van der Waals surface area contributed by atoms with Crippen LogP contribution in [-0.4, -0.2) is 15.9 Å². The molecule has 18 heavy (non-hydrogen) atoms. The van der Waals surface area contributed by atoms with Crippen LogP contribution in [0.2, 0.25) is 0 Å². The van der Waals surface area contributed by atoms with E-state index in [1.807, 2.05) is 12.3 Å². The van der Waals surface area contributed by atoms with Gasteiger partial charge in [-0.3, -0.25) is 0 Å². The Morgan fingerprint density at radius 1 is 1.44 bits per heavy atom. The second kappa shape index (κ2) is 5.67. The Morgan fingerprint density at radius 2 is 2.22 bits per heavy atom. The van der Waals surface area contributed by atoms with Gasteiger partial charge in [0.05, 0.1) is 5.56 Å². The number of aryl methyl sites for hydroxylation is 1. The fourth-order valence-corrected chi connectivity index (χ4v) is 3.23. The first-order valence-electron chi connectivity index (χ1n) is 5.99. The first-order valence-corrected chi connectivity index (χ1v) is 7.64. The van der Waals surface area contributed by atoms with Gasteiger partial charge in [-0.15, -0.1) is 11.3 Å². The summed E-state index contributed by atoms with van der Waals surface area (Å²) in [5.74, 6) is 1.26. The number of nitrogens with one attached hydrogen (secondary N) is 1. The molecular formula is C12H18N4S2. The Morgan fingerprint density at radius 3 is 2.83 bits per heavy atom. The molecule has 0 unspecified atom stereocenters. The number of nitrogens with zero attached hydrogens (tertiary/aromatic N) is 2. The fourth-order valence-electron chi connectivity index (χ4n) is 1.57. The summed E-state index contributed by atoms with van der Waals surface area (Å²) in [6, 6.07) is 0. The number of thiazole rings is 1. The normalized spacial score (nSPS) is 11.1. The molecule has 0 bridgehead atoms. The summed E-state index contributed by atoms with van der Waals surface area (Å²) in [5.41, 5.74) is 7.92. The van der Waals surface area contributed by atoms with Crippen molar-refractivity contribution in [1.82, 2.24) is 9.36 Å². The Bertz CT molecular complexity index is 516. The molecule has 2 aromatic heterocycles. The highest BCUT2D eigenvalue weighted by Crippen LogP contribution is 2.38. The van der Waals surface area contributed by atoms with Gasteiger partial charge in [0.25, 0.3) is 0 Å². The lowest BCUT2D eigenvalue weighted by molar-refractivity contribution is 0.608. The number of rotatable bonds is 5. The third-order valence-corrected chi connectivity index (χ3v) is 4.36. The number of hydrogen-bond acceptors (Lipinski definition) is 6. The lowest BCUT2D eigenvalue weighted by Gasteiger charge is -2.07. The minimum atomic E-state index is 0.571. The van der Waals surface area contributed by atoms with E-state index in [2.05, 4.69) is 28.5 Å². The first kappa shape index (κ1) is 13.3. The molecule has 3 N–H and O–H groups in total. The van der Waals surface area contributed by atoms with E-state index in [-0.39, 0.29) is 0 Å². The highest BCUT2D eigenvalue weighted by atomic mass is 32.1. The zero-order valence-corrected chi connectivity index (χ0v) is 12.5. The average molecular weight is 282 g/mol. The molecule has 2 rings (SSSR count). The number of aromatic nitrogens is 2. The number of anilines is 2. The van der Waals surface area contributed by atoms with Gasteiger partial charge in [-0.05, 0) is 30.8 Å². The Kier molecular flexibility index (Phi) is 4.19. The van der Waals surface area contributed by atoms with Crippen molar-refractivity contribution in [1.29, 1.82) is 0 Å². The monoisotopic (exact) mass is 282 g/mol. The van der Waals surface area contributed by atoms with Crippen molar-refractivity contribution in [2.75, 3.05) is 17.6 Å². The van der Waals surface area contributed by atoms with Gasteiger partial charge < -0.3 is 11.1 Å². The van der Waals surface area contributed by atoms with Crippen LogP contribution in [0.4, 0.5) is 10.8 Å². The molecule has 0 radical (unpaired) electrons. The van der Waals surface area contributed by atoms with Crippen LogP contribution in [0.15, 0.2) is 5.38 Å². The van der Waals surface area contributed by atoms with Crippen LogP contribution < -0.4 is 11.1 Å². The van der Waals surface area contributed by atoms with Crippen LogP contribution >= 0.6 is 22.9 Å². The minimum Gasteiger partial charge on any atom is -0.382 e. The van der Waals surface area contributed by atoms with E-state index >= 15 is 0 Å². The molecule has 6 heteroatoms. The van der Waals surface area contributed by atoms with E-state index in [4.69, 9.17) is 5.73 Å². The minimum absolute atomic E-state index is 0.571. The molecule has 0 atom stereocenters. The quantitative estimate of drug-likeness (QED) is 0.879. The molecule has 4 nitrogen and oxygen atoms in total. The molecule has 0 fully saturated rings. The maximum absolute atomic E-state index is 5.94. The number of hydrogen-bond donors (Lipinski definition) is 2. The molecular weight excluding hydrogens is 264 g/mol. The molecule has 0 saturated heterocycles. The second-order valence-electron chi connectivity index (χ2n) is 4.68. The molecule has 0 spiro atoms. The maximum Gasteiger partial charge on any atom is 0.149 e. The predicted molar refractivity (Wildman–Crippen MR) is 80.3 cm³/mol. The lowest BCUT2D eigenvalue weighted by atomic mass is 10.1. The van der Waals surface area contributed by atoms with Gasteiger partial charge in [-0.1, -0.05) is 13.8 Å². The predicted octanol–water partition coefficient (Wildman–Crippen LogP) is 3.62. The topological polar surface area (TPSA) is 63.8 Å². The molecule has 0 amide bonds. The van der Waals surface area contributed by atoms with Crippen molar-refractivity contribution in [3.05, 3.63) is 11.1 Å². The van der Waals surface area contributed by atoms with E-state index in [9.17, 15) is 0 Å². The van der Waals surface area contributed by atoms with Crippen LogP contribution in [0.3, 0.4) is 0 Å².